The summed E-state index contributed by atoms with van der Waals surface area (Å²) >= 11 is 0. The van der Waals surface area contributed by atoms with Gasteiger partial charge in [-0.25, -0.2) is 4.79 Å². The quantitative estimate of drug-likeness (QED) is 0.0971. The molecule has 0 aromatic heterocycles. The number of carbonyl (C=O) groups is 3. The molecule has 1 aliphatic carbocycles. The molecular formula is C40H45NO12. The van der Waals surface area contributed by atoms with Gasteiger partial charge in [-0.1, -0.05) is 54.6 Å². The van der Waals surface area contributed by atoms with E-state index in [-0.39, 0.29) is 67.9 Å². The second-order valence-corrected chi connectivity index (χ2v) is 13.3. The average Bonchev–Trinajstić information content (AvgIpc) is 3.13. The molecule has 7 N–H and O–H groups in total. The summed E-state index contributed by atoms with van der Waals surface area (Å²) in [5.41, 5.74) is 5.44. The number of aliphatic hydroxyl groups excluding tert-OH is 1. The van der Waals surface area contributed by atoms with Crippen molar-refractivity contribution in [2.24, 2.45) is 11.7 Å². The Balaban J connectivity index is 1.31. The zero-order chi connectivity index (χ0) is 38.0. The average molecular weight is 732 g/mol. The number of aliphatic carboxylic acids is 1. The Bertz CT molecular complexity index is 1790. The van der Waals surface area contributed by atoms with Crippen LogP contribution in [0.2, 0.25) is 0 Å². The Labute approximate surface area is 306 Å². The van der Waals surface area contributed by atoms with Crippen molar-refractivity contribution in [2.75, 3.05) is 26.4 Å². The van der Waals surface area contributed by atoms with Gasteiger partial charge in [0.1, 0.15) is 25.4 Å². The molecule has 13 nitrogen and oxygen atoms in total. The number of carboxylic acid groups (broad SMARTS) is 1. The van der Waals surface area contributed by atoms with E-state index in [1.165, 1.54) is 54.6 Å². The lowest BCUT2D eigenvalue weighted by Crippen LogP contribution is -2.60. The smallest absolute Gasteiger partial charge is 0.336 e. The number of aryl methyl sites for hydroxylation is 1. The van der Waals surface area contributed by atoms with Crippen molar-refractivity contribution in [1.82, 2.24) is 0 Å². The van der Waals surface area contributed by atoms with E-state index in [0.29, 0.717) is 24.0 Å². The van der Waals surface area contributed by atoms with Gasteiger partial charge in [0.2, 0.25) is 0 Å². The zero-order valence-corrected chi connectivity index (χ0v) is 29.1. The number of nitrogens with two attached hydrogens (primary N) is 1. The van der Waals surface area contributed by atoms with E-state index in [2.05, 4.69) is 0 Å². The van der Waals surface area contributed by atoms with Crippen molar-refractivity contribution in [2.45, 2.75) is 62.1 Å². The molecule has 1 heterocycles. The first-order valence-electron chi connectivity index (χ1n) is 17.4. The Hall–Kier alpha value is -5.05. The highest BCUT2D eigenvalue weighted by atomic mass is 16.6. The minimum Gasteiger partial charge on any atom is -0.504 e. The molecule has 2 aliphatic rings. The lowest BCUT2D eigenvalue weighted by molar-refractivity contribution is -0.230. The van der Waals surface area contributed by atoms with Crippen LogP contribution in [0.15, 0.2) is 78.9 Å². The minimum atomic E-state index is -2.04. The largest absolute Gasteiger partial charge is 0.504 e. The maximum Gasteiger partial charge on any atom is 0.336 e. The third kappa shape index (κ3) is 10.5. The summed E-state index contributed by atoms with van der Waals surface area (Å²) in [7, 11) is 0. The molecule has 0 bridgehead atoms. The number of ether oxygens (including phenoxy) is 4. The number of ketones is 2. The Morgan fingerprint density at radius 1 is 0.906 bits per heavy atom. The summed E-state index contributed by atoms with van der Waals surface area (Å²) in [6.07, 6.45) is 1.84. The third-order valence-electron chi connectivity index (χ3n) is 9.37. The minimum absolute atomic E-state index is 0.143. The molecule has 13 heteroatoms. The number of hydrogen-bond acceptors (Lipinski definition) is 12. The fraction of sp³-hybridized carbons (Fsp3) is 0.375. The number of phenols is 3. The second-order valence-electron chi connectivity index (χ2n) is 13.3. The summed E-state index contributed by atoms with van der Waals surface area (Å²) in [4.78, 5) is 39.3. The van der Waals surface area contributed by atoms with Crippen LogP contribution in [0.3, 0.4) is 0 Å². The third-order valence-corrected chi connectivity index (χ3v) is 9.37. The van der Waals surface area contributed by atoms with Gasteiger partial charge in [0.25, 0.3) is 0 Å². The first kappa shape index (κ1) is 39.2. The van der Waals surface area contributed by atoms with Crippen LogP contribution in [0, 0.1) is 5.92 Å². The van der Waals surface area contributed by atoms with Gasteiger partial charge < -0.3 is 50.2 Å². The molecule has 1 saturated heterocycles. The number of fused-ring (bicyclic) bond motifs is 1. The van der Waals surface area contributed by atoms with Crippen LogP contribution < -0.4 is 10.5 Å². The molecular weight excluding hydrogens is 686 g/mol. The highest BCUT2D eigenvalue weighted by Gasteiger charge is 2.54. The number of carboxylic acids is 1. The van der Waals surface area contributed by atoms with Gasteiger partial charge in [-0.2, -0.15) is 0 Å². The number of carbonyl (C=O) groups excluding carboxylic acids is 2. The summed E-state index contributed by atoms with van der Waals surface area (Å²) in [6.45, 7) is 0.0382. The number of phenolic OH excluding ortho intramolecular Hbond substituents is 3. The standard InChI is InChI=1S/C40H45NO12/c41-16-17-50-35-15-11-26(19-33(35)46)8-12-29(42)24-52-40(39(48)49)21-34(47)38-37(22-40)53-36(31(44)14-10-27-9-13-30(43)32(45)18-27)20-28(23-51-38)7-6-25-4-2-1-3-5-25/h1-5,8-15,18-19,28,34,36-38,43,45-47H,6-7,16-17,20-24,41H2,(H,48,49). The van der Waals surface area contributed by atoms with Crippen molar-refractivity contribution in [1.29, 1.82) is 0 Å². The van der Waals surface area contributed by atoms with E-state index < -0.39 is 54.2 Å². The molecule has 6 atom stereocenters. The van der Waals surface area contributed by atoms with E-state index in [0.717, 1.165) is 5.56 Å². The van der Waals surface area contributed by atoms with Crippen molar-refractivity contribution < 1.29 is 58.9 Å². The van der Waals surface area contributed by atoms with Crippen LogP contribution in [-0.2, 0) is 35.0 Å². The maximum atomic E-state index is 13.7. The van der Waals surface area contributed by atoms with Crippen LogP contribution in [0.1, 0.15) is 42.4 Å². The fourth-order valence-corrected chi connectivity index (χ4v) is 6.51. The van der Waals surface area contributed by atoms with Gasteiger partial charge in [-0.05, 0) is 78.3 Å². The van der Waals surface area contributed by atoms with E-state index >= 15 is 0 Å². The summed E-state index contributed by atoms with van der Waals surface area (Å²) in [5, 5.41) is 51.4. The van der Waals surface area contributed by atoms with E-state index in [9.17, 15) is 39.9 Å². The molecule has 0 amide bonds. The predicted octanol–water partition coefficient (Wildman–Crippen LogP) is 3.79. The van der Waals surface area contributed by atoms with Crippen LogP contribution in [0.4, 0.5) is 0 Å². The van der Waals surface area contributed by atoms with Gasteiger partial charge in [0.15, 0.2) is 40.2 Å². The highest BCUT2D eigenvalue weighted by Crippen LogP contribution is 2.39. The maximum absolute atomic E-state index is 13.7. The van der Waals surface area contributed by atoms with Gasteiger partial charge >= 0.3 is 5.97 Å². The van der Waals surface area contributed by atoms with Crippen molar-refractivity contribution in [3.05, 3.63) is 95.6 Å². The SMILES string of the molecule is NCCOc1ccc(C=CC(=O)COC2(C(=O)O)CC(O)C3OCC(CCc4ccccc4)CC(C(=O)C=Cc4ccc(O)c(O)c4)OC3C2)cc1O. The van der Waals surface area contributed by atoms with Gasteiger partial charge in [0, 0.05) is 19.4 Å². The first-order chi connectivity index (χ1) is 25.5. The molecule has 6 unspecified atom stereocenters. The number of rotatable bonds is 15. The molecule has 0 radical (unpaired) electrons. The lowest BCUT2D eigenvalue weighted by Gasteiger charge is -2.46. The Morgan fingerprint density at radius 3 is 2.32 bits per heavy atom. The topological polar surface area (TPSA) is 215 Å². The van der Waals surface area contributed by atoms with Gasteiger partial charge in [0.05, 0.1) is 18.8 Å². The summed E-state index contributed by atoms with van der Waals surface area (Å²) < 4.78 is 23.6. The molecule has 1 aliphatic heterocycles. The van der Waals surface area contributed by atoms with Crippen LogP contribution in [0.25, 0.3) is 12.2 Å². The molecule has 3 aromatic rings. The van der Waals surface area contributed by atoms with Crippen molar-refractivity contribution >= 4 is 29.7 Å². The molecule has 53 heavy (non-hydrogen) atoms. The van der Waals surface area contributed by atoms with Crippen LogP contribution in [-0.4, -0.2) is 99.5 Å². The summed E-state index contributed by atoms with van der Waals surface area (Å²) in [6, 6.07) is 18.5. The van der Waals surface area contributed by atoms with Crippen molar-refractivity contribution in [3.8, 4) is 23.0 Å². The first-order valence-corrected chi connectivity index (χ1v) is 17.4. The van der Waals surface area contributed by atoms with E-state index in [1.54, 1.807) is 6.07 Å². The fourth-order valence-electron chi connectivity index (χ4n) is 6.51. The second kappa shape index (κ2) is 18.1. The van der Waals surface area contributed by atoms with Gasteiger partial charge in [-0.3, -0.25) is 9.59 Å². The molecule has 0 spiro atoms. The van der Waals surface area contributed by atoms with Crippen LogP contribution >= 0.6 is 0 Å². The molecule has 3 aromatic carbocycles. The lowest BCUT2D eigenvalue weighted by atomic mass is 9.78. The number of aliphatic hydroxyl groups is 1. The Kier molecular flexibility index (Phi) is 13.4. The Morgan fingerprint density at radius 2 is 1.62 bits per heavy atom. The summed E-state index contributed by atoms with van der Waals surface area (Å²) in [5.74, 6) is -3.11. The monoisotopic (exact) mass is 731 g/mol. The van der Waals surface area contributed by atoms with Crippen LogP contribution in [0.5, 0.6) is 23.0 Å². The number of benzene rings is 3. The molecule has 2 fully saturated rings. The zero-order valence-electron chi connectivity index (χ0n) is 29.1. The van der Waals surface area contributed by atoms with Gasteiger partial charge in [-0.15, -0.1) is 0 Å². The number of aromatic hydroxyl groups is 3. The van der Waals surface area contributed by atoms with Crippen molar-refractivity contribution in [3.63, 3.8) is 0 Å². The predicted molar refractivity (Wildman–Crippen MR) is 193 cm³/mol. The van der Waals surface area contributed by atoms with E-state index in [4.69, 9.17) is 24.7 Å². The molecule has 1 saturated carbocycles. The normalized spacial score (nSPS) is 24.7. The molecule has 5 rings (SSSR count). The molecule has 282 valence electrons. The number of hydrogen-bond donors (Lipinski definition) is 6. The van der Waals surface area contributed by atoms with E-state index in [1.807, 2.05) is 30.3 Å². The highest BCUT2D eigenvalue weighted by molar-refractivity contribution is 5.97.